The van der Waals surface area contributed by atoms with Gasteiger partial charge >= 0.3 is 0 Å². The molecule has 0 spiro atoms. The predicted octanol–water partition coefficient (Wildman–Crippen LogP) is 1.49. The van der Waals surface area contributed by atoms with Gasteiger partial charge in [-0.1, -0.05) is 0 Å². The third-order valence-corrected chi connectivity index (χ3v) is 1.62. The van der Waals surface area contributed by atoms with Crippen LogP contribution in [0.15, 0.2) is 10.7 Å². The van der Waals surface area contributed by atoms with Crippen LogP contribution in [0.4, 0.5) is 0 Å². The number of hydrogen-bond donors (Lipinski definition) is 0. The van der Waals surface area contributed by atoms with Gasteiger partial charge in [0.2, 0.25) is 0 Å². The molecule has 0 aromatic carbocycles. The SMILES string of the molecule is [2H]C([2H])([2H])n1cc(Br)c(C)n1. The minimum atomic E-state index is -2.17. The van der Waals surface area contributed by atoms with Crippen molar-refractivity contribution < 1.29 is 4.11 Å². The van der Waals surface area contributed by atoms with Gasteiger partial charge < -0.3 is 0 Å². The first-order valence-corrected chi connectivity index (χ1v) is 2.93. The van der Waals surface area contributed by atoms with Crippen molar-refractivity contribution in [3.63, 3.8) is 0 Å². The molecule has 0 N–H and O–H groups in total. The molecule has 0 aliphatic rings. The second-order valence-electron chi connectivity index (χ2n) is 1.51. The maximum absolute atomic E-state index is 7.00. The maximum Gasteiger partial charge on any atom is 0.0735 e. The quantitative estimate of drug-likeness (QED) is 0.588. The van der Waals surface area contributed by atoms with Gasteiger partial charge in [0.15, 0.2) is 0 Å². The number of rotatable bonds is 0. The van der Waals surface area contributed by atoms with E-state index in [0.29, 0.717) is 10.2 Å². The van der Waals surface area contributed by atoms with Gasteiger partial charge in [0.25, 0.3) is 0 Å². The Morgan fingerprint density at radius 1 is 2.00 bits per heavy atom. The van der Waals surface area contributed by atoms with E-state index in [9.17, 15) is 0 Å². The molecule has 1 aromatic heterocycles. The molecule has 0 radical (unpaired) electrons. The highest BCUT2D eigenvalue weighted by Gasteiger charge is 1.94. The minimum absolute atomic E-state index is 0.682. The number of hydrogen-bond acceptors (Lipinski definition) is 1. The molecule has 0 saturated carbocycles. The van der Waals surface area contributed by atoms with Crippen molar-refractivity contribution in [2.75, 3.05) is 0 Å². The zero-order valence-corrected chi connectivity index (χ0v) is 5.94. The Morgan fingerprint density at radius 2 is 2.75 bits per heavy atom. The summed E-state index contributed by atoms with van der Waals surface area (Å²) in [6, 6.07) is 0. The van der Waals surface area contributed by atoms with Crippen molar-refractivity contribution in [3.05, 3.63) is 16.4 Å². The highest BCUT2D eigenvalue weighted by atomic mass is 79.9. The lowest BCUT2D eigenvalue weighted by Gasteiger charge is -1.79. The van der Waals surface area contributed by atoms with E-state index in [-0.39, 0.29) is 0 Å². The van der Waals surface area contributed by atoms with Crippen molar-refractivity contribution in [1.82, 2.24) is 9.78 Å². The lowest BCUT2D eigenvalue weighted by atomic mass is 10.5. The van der Waals surface area contributed by atoms with Crippen LogP contribution in [0.2, 0.25) is 0 Å². The minimum Gasteiger partial charge on any atom is -0.274 e. The third-order valence-electron chi connectivity index (χ3n) is 0.839. The highest BCUT2D eigenvalue weighted by molar-refractivity contribution is 9.10. The summed E-state index contributed by atoms with van der Waals surface area (Å²) >= 11 is 3.18. The number of aryl methyl sites for hydroxylation is 2. The van der Waals surface area contributed by atoms with Crippen molar-refractivity contribution in [3.8, 4) is 0 Å². The number of aromatic nitrogens is 2. The summed E-state index contributed by atoms with van der Waals surface area (Å²) in [4.78, 5) is 0. The van der Waals surface area contributed by atoms with Crippen LogP contribution in [-0.4, -0.2) is 9.78 Å². The van der Waals surface area contributed by atoms with E-state index in [1.807, 2.05) is 0 Å². The fraction of sp³-hybridized carbons (Fsp3) is 0.400. The summed E-state index contributed by atoms with van der Waals surface area (Å²) in [5.74, 6) is 0. The summed E-state index contributed by atoms with van der Waals surface area (Å²) in [5.41, 5.74) is 0.682. The Bertz CT molecular complexity index is 246. The van der Waals surface area contributed by atoms with Gasteiger partial charge in [0, 0.05) is 17.3 Å². The molecule has 0 fully saturated rings. The third kappa shape index (κ3) is 0.916. The fourth-order valence-electron chi connectivity index (χ4n) is 0.439. The molecule has 44 valence electrons. The van der Waals surface area contributed by atoms with Crippen LogP contribution in [-0.2, 0) is 6.98 Å². The van der Waals surface area contributed by atoms with Crippen molar-refractivity contribution in [2.45, 2.75) is 6.92 Å². The first-order valence-electron chi connectivity index (χ1n) is 3.63. The Balaban J connectivity index is 3.08. The zero-order chi connectivity index (χ0) is 8.65. The molecule has 0 aliphatic heterocycles. The molecule has 3 heteroatoms. The summed E-state index contributed by atoms with van der Waals surface area (Å²) in [7, 11) is 0. The van der Waals surface area contributed by atoms with Crippen molar-refractivity contribution >= 4 is 15.9 Å². The molecule has 0 saturated heterocycles. The summed E-state index contributed by atoms with van der Waals surface area (Å²) in [6.07, 6.45) is 1.45. The predicted molar refractivity (Wildman–Crippen MR) is 35.6 cm³/mol. The molecule has 8 heavy (non-hydrogen) atoms. The smallest absolute Gasteiger partial charge is 0.0735 e. The van der Waals surface area contributed by atoms with Gasteiger partial charge in [-0.2, -0.15) is 5.10 Å². The van der Waals surface area contributed by atoms with Crippen LogP contribution in [0.3, 0.4) is 0 Å². The lowest BCUT2D eigenvalue weighted by molar-refractivity contribution is 0.756. The summed E-state index contributed by atoms with van der Waals surface area (Å²) in [5, 5.41) is 3.79. The second-order valence-corrected chi connectivity index (χ2v) is 2.36. The maximum atomic E-state index is 7.00. The van der Waals surface area contributed by atoms with Gasteiger partial charge in [-0.25, -0.2) is 0 Å². The molecule has 0 unspecified atom stereocenters. The summed E-state index contributed by atoms with van der Waals surface area (Å²) in [6.45, 7) is -0.427. The summed E-state index contributed by atoms with van der Waals surface area (Å²) < 4.78 is 22.7. The number of nitrogens with zero attached hydrogens (tertiary/aromatic N) is 2. The zero-order valence-electron chi connectivity index (χ0n) is 7.35. The van der Waals surface area contributed by atoms with Gasteiger partial charge in [0.05, 0.1) is 10.2 Å². The monoisotopic (exact) mass is 177 g/mol. The van der Waals surface area contributed by atoms with Gasteiger partial charge in [-0.05, 0) is 22.9 Å². The van der Waals surface area contributed by atoms with Crippen LogP contribution in [0.5, 0.6) is 0 Å². The van der Waals surface area contributed by atoms with Crippen LogP contribution in [0, 0.1) is 6.92 Å². The van der Waals surface area contributed by atoms with Gasteiger partial charge in [-0.15, -0.1) is 0 Å². The van der Waals surface area contributed by atoms with E-state index < -0.39 is 6.98 Å². The van der Waals surface area contributed by atoms with Crippen molar-refractivity contribution in [1.29, 1.82) is 0 Å². The Morgan fingerprint density at radius 3 is 3.00 bits per heavy atom. The highest BCUT2D eigenvalue weighted by Crippen LogP contribution is 2.11. The van der Waals surface area contributed by atoms with E-state index in [0.717, 1.165) is 4.68 Å². The molecule has 0 amide bonds. The lowest BCUT2D eigenvalue weighted by Crippen LogP contribution is -1.86. The molecule has 1 heterocycles. The largest absolute Gasteiger partial charge is 0.274 e. The standard InChI is InChI=1S/C5H7BrN2/c1-4-5(6)3-8(2)7-4/h3H,1-2H3/i2D3. The molecule has 0 aliphatic carbocycles. The van der Waals surface area contributed by atoms with Gasteiger partial charge in [0.1, 0.15) is 0 Å². The van der Waals surface area contributed by atoms with Crippen LogP contribution in [0.25, 0.3) is 0 Å². The molecule has 1 aromatic rings. The molecular formula is C5H7BrN2. The van der Waals surface area contributed by atoms with E-state index in [2.05, 4.69) is 21.0 Å². The molecule has 2 nitrogen and oxygen atoms in total. The topological polar surface area (TPSA) is 17.8 Å². The second kappa shape index (κ2) is 1.90. The Labute approximate surface area is 60.9 Å². The van der Waals surface area contributed by atoms with Crippen molar-refractivity contribution in [2.24, 2.45) is 6.98 Å². The Hall–Kier alpha value is -0.310. The van der Waals surface area contributed by atoms with Crippen LogP contribution in [0.1, 0.15) is 9.81 Å². The van der Waals surface area contributed by atoms with Crippen LogP contribution < -0.4 is 0 Å². The van der Waals surface area contributed by atoms with Crippen LogP contribution >= 0.6 is 15.9 Å². The van der Waals surface area contributed by atoms with E-state index >= 15 is 0 Å². The first-order chi connectivity index (χ1) is 4.91. The van der Waals surface area contributed by atoms with E-state index in [1.165, 1.54) is 6.20 Å². The van der Waals surface area contributed by atoms with Gasteiger partial charge in [-0.3, -0.25) is 4.68 Å². The Kier molecular flexibility index (Phi) is 0.714. The average Bonchev–Trinajstić information content (AvgIpc) is 2.11. The molecular weight excluding hydrogens is 168 g/mol. The average molecular weight is 178 g/mol. The van der Waals surface area contributed by atoms with E-state index in [4.69, 9.17) is 4.11 Å². The normalized spacial score (nSPS) is 17.0. The van der Waals surface area contributed by atoms with E-state index in [1.54, 1.807) is 6.92 Å². The first kappa shape index (κ1) is 3.01. The molecule has 0 atom stereocenters. The number of halogens is 1. The molecule has 0 bridgehead atoms. The fourth-order valence-corrected chi connectivity index (χ4v) is 0.712. The molecule has 1 rings (SSSR count).